The maximum atomic E-state index is 12.3. The van der Waals surface area contributed by atoms with Gasteiger partial charge < -0.3 is 9.32 Å². The van der Waals surface area contributed by atoms with E-state index in [1.165, 1.54) is 11.1 Å². The summed E-state index contributed by atoms with van der Waals surface area (Å²) in [6.45, 7) is 6.30. The lowest BCUT2D eigenvalue weighted by atomic mass is 10.1. The molecule has 1 fully saturated rings. The molecule has 3 rings (SSSR count). The molecule has 0 unspecified atom stereocenters. The van der Waals surface area contributed by atoms with E-state index in [1.807, 2.05) is 4.90 Å². The second kappa shape index (κ2) is 6.67. The summed E-state index contributed by atoms with van der Waals surface area (Å²) < 4.78 is 5.94. The lowest BCUT2D eigenvalue weighted by Gasteiger charge is -2.34. The highest BCUT2D eigenvalue weighted by molar-refractivity contribution is 9.10. The highest BCUT2D eigenvalue weighted by Crippen LogP contribution is 2.17. The minimum absolute atomic E-state index is 0.0271. The largest absolute Gasteiger partial charge is 0.444 e. The normalized spacial score (nSPS) is 16.0. The molecule has 1 aromatic carbocycles. The lowest BCUT2D eigenvalue weighted by Crippen LogP contribution is -2.48. The summed E-state index contributed by atoms with van der Waals surface area (Å²) in [5.41, 5.74) is 2.60. The van der Waals surface area contributed by atoms with E-state index in [-0.39, 0.29) is 5.91 Å². The van der Waals surface area contributed by atoms with Crippen molar-refractivity contribution in [3.8, 4) is 0 Å². The van der Waals surface area contributed by atoms with E-state index in [0.717, 1.165) is 32.7 Å². The number of benzene rings is 1. The molecule has 1 saturated heterocycles. The molecule has 0 spiro atoms. The van der Waals surface area contributed by atoms with E-state index in [1.54, 1.807) is 12.1 Å². The van der Waals surface area contributed by atoms with Gasteiger partial charge in [-0.3, -0.25) is 9.69 Å². The summed E-state index contributed by atoms with van der Waals surface area (Å²) in [5.74, 6) is 0.375. The van der Waals surface area contributed by atoms with Gasteiger partial charge >= 0.3 is 0 Å². The van der Waals surface area contributed by atoms with Gasteiger partial charge in [-0.05, 0) is 40.5 Å². The first-order valence-corrected chi connectivity index (χ1v) is 8.23. The van der Waals surface area contributed by atoms with Crippen molar-refractivity contribution >= 4 is 21.8 Å². The summed E-state index contributed by atoms with van der Waals surface area (Å²) in [6.07, 6.45) is 0. The van der Waals surface area contributed by atoms with Crippen molar-refractivity contribution in [2.75, 3.05) is 26.2 Å². The molecule has 5 heteroatoms. The van der Waals surface area contributed by atoms with Gasteiger partial charge in [0.25, 0.3) is 5.91 Å². The van der Waals surface area contributed by atoms with Crippen LogP contribution in [0.1, 0.15) is 21.7 Å². The highest BCUT2D eigenvalue weighted by atomic mass is 79.9. The Morgan fingerprint density at radius 2 is 1.77 bits per heavy atom. The molecule has 0 bridgehead atoms. The number of hydrogen-bond donors (Lipinski definition) is 0. The van der Waals surface area contributed by atoms with Crippen LogP contribution in [0.3, 0.4) is 0 Å². The van der Waals surface area contributed by atoms with Crippen molar-refractivity contribution in [1.82, 2.24) is 9.80 Å². The second-order valence-corrected chi connectivity index (χ2v) is 6.44. The Labute approximate surface area is 138 Å². The number of hydrogen-bond acceptors (Lipinski definition) is 3. The van der Waals surface area contributed by atoms with E-state index in [9.17, 15) is 4.79 Å². The smallest absolute Gasteiger partial charge is 0.289 e. The number of rotatable bonds is 3. The van der Waals surface area contributed by atoms with E-state index < -0.39 is 0 Å². The third-order valence-electron chi connectivity index (χ3n) is 3.97. The number of carbonyl (C=O) groups is 1. The lowest BCUT2D eigenvalue weighted by molar-refractivity contribution is 0.0596. The number of aryl methyl sites for hydroxylation is 1. The van der Waals surface area contributed by atoms with Gasteiger partial charge in [-0.15, -0.1) is 0 Å². The van der Waals surface area contributed by atoms with Crippen LogP contribution in [0.2, 0.25) is 0 Å². The molecule has 1 aromatic heterocycles. The zero-order valence-corrected chi connectivity index (χ0v) is 14.2. The second-order valence-electron chi connectivity index (χ2n) is 5.66. The average molecular weight is 363 g/mol. The summed E-state index contributed by atoms with van der Waals surface area (Å²) in [5, 5.41) is 0. The third-order valence-corrected chi connectivity index (χ3v) is 4.40. The van der Waals surface area contributed by atoms with Crippen LogP contribution in [-0.2, 0) is 6.54 Å². The monoisotopic (exact) mass is 362 g/mol. The number of amides is 1. The molecule has 116 valence electrons. The minimum atomic E-state index is -0.0271. The molecular formula is C17H19BrN2O2. The highest BCUT2D eigenvalue weighted by Gasteiger charge is 2.24. The minimum Gasteiger partial charge on any atom is -0.444 e. The Morgan fingerprint density at radius 1 is 1.09 bits per heavy atom. The van der Waals surface area contributed by atoms with Crippen LogP contribution in [0.5, 0.6) is 0 Å². The fraction of sp³-hybridized carbons (Fsp3) is 0.353. The van der Waals surface area contributed by atoms with E-state index in [4.69, 9.17) is 4.42 Å². The van der Waals surface area contributed by atoms with Crippen molar-refractivity contribution in [1.29, 1.82) is 0 Å². The molecular weight excluding hydrogens is 344 g/mol. The molecule has 22 heavy (non-hydrogen) atoms. The predicted molar refractivity (Wildman–Crippen MR) is 88.8 cm³/mol. The molecule has 4 nitrogen and oxygen atoms in total. The first-order valence-electron chi connectivity index (χ1n) is 7.44. The van der Waals surface area contributed by atoms with Gasteiger partial charge in [0.2, 0.25) is 0 Å². The predicted octanol–water partition coefficient (Wildman–Crippen LogP) is 3.31. The number of furan rings is 1. The molecule has 0 atom stereocenters. The van der Waals surface area contributed by atoms with Crippen LogP contribution >= 0.6 is 15.9 Å². The fourth-order valence-electron chi connectivity index (χ4n) is 2.65. The van der Waals surface area contributed by atoms with Crippen LogP contribution < -0.4 is 0 Å². The molecule has 0 aliphatic carbocycles. The number of carbonyl (C=O) groups excluding carboxylic acids is 1. The molecule has 2 aromatic rings. The van der Waals surface area contributed by atoms with Crippen molar-refractivity contribution < 1.29 is 9.21 Å². The number of piperazine rings is 1. The number of halogens is 1. The topological polar surface area (TPSA) is 36.7 Å². The van der Waals surface area contributed by atoms with E-state index in [0.29, 0.717) is 10.4 Å². The average Bonchev–Trinajstić information content (AvgIpc) is 2.96. The SMILES string of the molecule is Cc1ccc(CN2CCN(C(=O)c3ccc(Br)o3)CC2)cc1. The van der Waals surface area contributed by atoms with Crippen LogP contribution in [0.15, 0.2) is 45.5 Å². The Hall–Kier alpha value is -1.59. The van der Waals surface area contributed by atoms with Crippen molar-refractivity contribution in [3.05, 3.63) is 58.0 Å². The fourth-order valence-corrected chi connectivity index (χ4v) is 2.95. The maximum Gasteiger partial charge on any atom is 0.289 e. The third kappa shape index (κ3) is 3.59. The molecule has 1 amide bonds. The first-order chi connectivity index (χ1) is 10.6. The molecule has 2 heterocycles. The van der Waals surface area contributed by atoms with Crippen molar-refractivity contribution in [2.45, 2.75) is 13.5 Å². The molecule has 0 saturated carbocycles. The zero-order chi connectivity index (χ0) is 15.5. The molecule has 0 N–H and O–H groups in total. The van der Waals surface area contributed by atoms with Crippen LogP contribution in [0, 0.1) is 6.92 Å². The van der Waals surface area contributed by atoms with Gasteiger partial charge in [-0.1, -0.05) is 29.8 Å². The summed E-state index contributed by atoms with van der Waals surface area (Å²) >= 11 is 3.23. The quantitative estimate of drug-likeness (QED) is 0.840. The van der Waals surface area contributed by atoms with Crippen molar-refractivity contribution in [3.63, 3.8) is 0 Å². The van der Waals surface area contributed by atoms with Crippen molar-refractivity contribution in [2.24, 2.45) is 0 Å². The van der Waals surface area contributed by atoms with E-state index >= 15 is 0 Å². The molecule has 1 aliphatic heterocycles. The Morgan fingerprint density at radius 3 is 2.36 bits per heavy atom. The summed E-state index contributed by atoms with van der Waals surface area (Å²) in [4.78, 5) is 16.5. The molecule has 0 radical (unpaired) electrons. The van der Waals surface area contributed by atoms with Gasteiger partial charge in [0.15, 0.2) is 10.4 Å². The van der Waals surface area contributed by atoms with Gasteiger partial charge in [-0.2, -0.15) is 0 Å². The standard InChI is InChI=1S/C17H19BrN2O2/c1-13-2-4-14(5-3-13)12-19-8-10-20(11-9-19)17(21)15-6-7-16(18)22-15/h2-7H,8-12H2,1H3. The number of nitrogens with zero attached hydrogens (tertiary/aromatic N) is 2. The van der Waals surface area contributed by atoms with Crippen LogP contribution in [0.4, 0.5) is 0 Å². The first kappa shape index (κ1) is 15.3. The Bertz CT molecular complexity index is 643. The van der Waals surface area contributed by atoms with Crippen LogP contribution in [-0.4, -0.2) is 41.9 Å². The van der Waals surface area contributed by atoms with Crippen LogP contribution in [0.25, 0.3) is 0 Å². The van der Waals surface area contributed by atoms with Gasteiger partial charge in [0.1, 0.15) is 0 Å². The van der Waals surface area contributed by atoms with Gasteiger partial charge in [-0.25, -0.2) is 0 Å². The maximum absolute atomic E-state index is 12.3. The Balaban J connectivity index is 1.54. The summed E-state index contributed by atoms with van der Waals surface area (Å²) in [6, 6.07) is 12.1. The Kier molecular flexibility index (Phi) is 4.64. The summed E-state index contributed by atoms with van der Waals surface area (Å²) in [7, 11) is 0. The van der Waals surface area contributed by atoms with E-state index in [2.05, 4.69) is 52.0 Å². The van der Waals surface area contributed by atoms with Gasteiger partial charge in [0, 0.05) is 32.7 Å². The molecule has 1 aliphatic rings. The zero-order valence-electron chi connectivity index (χ0n) is 12.6. The van der Waals surface area contributed by atoms with Gasteiger partial charge in [0.05, 0.1) is 0 Å².